The lowest BCUT2D eigenvalue weighted by Crippen LogP contribution is -2.41. The van der Waals surface area contributed by atoms with Crippen molar-refractivity contribution in [3.8, 4) is 5.75 Å². The smallest absolute Gasteiger partial charge is 0.387 e. The quantitative estimate of drug-likeness (QED) is 0.849. The van der Waals surface area contributed by atoms with Crippen LogP contribution < -0.4 is 10.1 Å². The predicted molar refractivity (Wildman–Crippen MR) is 71.0 cm³/mol. The van der Waals surface area contributed by atoms with E-state index in [9.17, 15) is 18.0 Å². The van der Waals surface area contributed by atoms with Gasteiger partial charge in [0.25, 0.3) is 0 Å². The Kier molecular flexibility index (Phi) is 6.29. The number of urea groups is 1. The molecule has 1 aromatic carbocycles. The minimum atomic E-state index is -3.09. The summed E-state index contributed by atoms with van der Waals surface area (Å²) in [6, 6.07) is 1.95. The fourth-order valence-corrected chi connectivity index (χ4v) is 1.69. The first-order valence-electron chi connectivity index (χ1n) is 6.28. The normalized spacial score (nSPS) is 10.9. The van der Waals surface area contributed by atoms with Crippen molar-refractivity contribution in [2.75, 3.05) is 18.5 Å². The van der Waals surface area contributed by atoms with Crippen LogP contribution in [0.1, 0.15) is 13.8 Å². The zero-order chi connectivity index (χ0) is 16.0. The number of benzene rings is 1. The Bertz CT molecular complexity index is 484. The summed E-state index contributed by atoms with van der Waals surface area (Å²) in [5.74, 6) is -1.04. The van der Waals surface area contributed by atoms with E-state index in [1.54, 1.807) is 13.8 Å². The number of alkyl halides is 2. The standard InChI is InChI=1S/C13H17F3N2O3/c1-8(2)18(5-6-19)13(20)17-10-7-9(14)3-4-11(10)21-12(15)16/h3-4,7-8,12,19H,5-6H2,1-2H3,(H,17,20). The lowest BCUT2D eigenvalue weighted by atomic mass is 10.2. The summed E-state index contributed by atoms with van der Waals surface area (Å²) in [7, 11) is 0. The number of ether oxygens (including phenoxy) is 1. The number of nitrogens with zero attached hydrogens (tertiary/aromatic N) is 1. The van der Waals surface area contributed by atoms with E-state index in [0.717, 1.165) is 18.2 Å². The third-order valence-corrected chi connectivity index (χ3v) is 2.62. The average molecular weight is 306 g/mol. The van der Waals surface area contributed by atoms with Crippen LogP contribution in [0.15, 0.2) is 18.2 Å². The second-order valence-corrected chi connectivity index (χ2v) is 4.46. The lowest BCUT2D eigenvalue weighted by Gasteiger charge is -2.26. The summed E-state index contributed by atoms with van der Waals surface area (Å²) in [6.45, 7) is 0.151. The molecule has 2 N–H and O–H groups in total. The van der Waals surface area contributed by atoms with E-state index in [2.05, 4.69) is 10.1 Å². The Hall–Kier alpha value is -1.96. The number of hydrogen-bond donors (Lipinski definition) is 2. The van der Waals surface area contributed by atoms with Gasteiger partial charge in [0, 0.05) is 18.7 Å². The van der Waals surface area contributed by atoms with Crippen molar-refractivity contribution in [1.29, 1.82) is 0 Å². The summed E-state index contributed by atoms with van der Waals surface area (Å²) in [6.07, 6.45) is 0. The molecule has 1 aromatic rings. The molecule has 0 bridgehead atoms. The van der Waals surface area contributed by atoms with Crippen LogP contribution in [0.2, 0.25) is 0 Å². The maximum Gasteiger partial charge on any atom is 0.387 e. The summed E-state index contributed by atoms with van der Waals surface area (Å²) < 4.78 is 42.0. The van der Waals surface area contributed by atoms with E-state index in [0.29, 0.717) is 0 Å². The van der Waals surface area contributed by atoms with Gasteiger partial charge >= 0.3 is 12.6 Å². The molecule has 8 heteroatoms. The van der Waals surface area contributed by atoms with Gasteiger partial charge in [0.15, 0.2) is 0 Å². The summed E-state index contributed by atoms with van der Waals surface area (Å²) in [5.41, 5.74) is -0.205. The van der Waals surface area contributed by atoms with Gasteiger partial charge in [0.05, 0.1) is 12.3 Å². The number of amides is 2. The number of carbonyl (C=O) groups excluding carboxylic acids is 1. The van der Waals surface area contributed by atoms with Gasteiger partial charge in [0.2, 0.25) is 0 Å². The van der Waals surface area contributed by atoms with Crippen LogP contribution in [0.3, 0.4) is 0 Å². The van der Waals surface area contributed by atoms with Crippen LogP contribution in [0.5, 0.6) is 5.75 Å². The SMILES string of the molecule is CC(C)N(CCO)C(=O)Nc1cc(F)ccc1OC(F)F. The molecule has 0 aliphatic carbocycles. The van der Waals surface area contributed by atoms with Crippen LogP contribution in [-0.4, -0.2) is 41.8 Å². The van der Waals surface area contributed by atoms with E-state index >= 15 is 0 Å². The number of halogens is 3. The molecule has 0 aliphatic heterocycles. The minimum absolute atomic E-state index is 0.0594. The van der Waals surface area contributed by atoms with Crippen molar-refractivity contribution in [1.82, 2.24) is 4.90 Å². The number of anilines is 1. The molecule has 1 rings (SSSR count). The Labute approximate surface area is 120 Å². The van der Waals surface area contributed by atoms with Gasteiger partial charge in [-0.1, -0.05) is 0 Å². The Morgan fingerprint density at radius 3 is 2.62 bits per heavy atom. The van der Waals surface area contributed by atoms with Gasteiger partial charge in [-0.15, -0.1) is 0 Å². The number of rotatable bonds is 6. The van der Waals surface area contributed by atoms with Gasteiger partial charge in [0.1, 0.15) is 11.6 Å². The molecule has 0 saturated carbocycles. The fourth-order valence-electron chi connectivity index (χ4n) is 1.69. The molecule has 0 heterocycles. The van der Waals surface area contributed by atoms with Crippen molar-refractivity contribution >= 4 is 11.7 Å². The monoisotopic (exact) mass is 306 g/mol. The average Bonchev–Trinajstić information content (AvgIpc) is 2.38. The highest BCUT2D eigenvalue weighted by atomic mass is 19.3. The fraction of sp³-hybridized carbons (Fsp3) is 0.462. The molecular formula is C13H17F3N2O3. The summed E-state index contributed by atoms with van der Waals surface area (Å²) in [5, 5.41) is 11.2. The van der Waals surface area contributed by atoms with Crippen LogP contribution in [0.4, 0.5) is 23.7 Å². The highest BCUT2D eigenvalue weighted by Crippen LogP contribution is 2.27. The van der Waals surface area contributed by atoms with Crippen LogP contribution in [0, 0.1) is 5.82 Å². The summed E-state index contributed by atoms with van der Waals surface area (Å²) in [4.78, 5) is 13.3. The van der Waals surface area contributed by atoms with E-state index < -0.39 is 18.5 Å². The maximum absolute atomic E-state index is 13.2. The van der Waals surface area contributed by atoms with Gasteiger partial charge in [-0.05, 0) is 26.0 Å². The number of aliphatic hydroxyl groups excluding tert-OH is 1. The van der Waals surface area contributed by atoms with Crippen LogP contribution >= 0.6 is 0 Å². The maximum atomic E-state index is 13.2. The first kappa shape index (κ1) is 17.1. The van der Waals surface area contributed by atoms with Crippen molar-refractivity contribution in [2.45, 2.75) is 26.5 Å². The molecule has 0 fully saturated rings. The van der Waals surface area contributed by atoms with E-state index in [-0.39, 0.29) is 30.6 Å². The Morgan fingerprint density at radius 1 is 1.43 bits per heavy atom. The molecule has 0 radical (unpaired) electrons. The van der Waals surface area contributed by atoms with E-state index in [4.69, 9.17) is 5.11 Å². The molecule has 0 aliphatic rings. The highest BCUT2D eigenvalue weighted by molar-refractivity contribution is 5.91. The molecule has 0 aromatic heterocycles. The molecular weight excluding hydrogens is 289 g/mol. The van der Waals surface area contributed by atoms with Crippen molar-refractivity contribution < 1.29 is 27.8 Å². The zero-order valence-corrected chi connectivity index (χ0v) is 11.6. The van der Waals surface area contributed by atoms with Gasteiger partial charge in [-0.2, -0.15) is 8.78 Å². The number of aliphatic hydroxyl groups is 1. The predicted octanol–water partition coefficient (Wildman–Crippen LogP) is 2.66. The molecule has 0 saturated heterocycles. The molecule has 118 valence electrons. The second kappa shape index (κ2) is 7.72. The third-order valence-electron chi connectivity index (χ3n) is 2.62. The lowest BCUT2D eigenvalue weighted by molar-refractivity contribution is -0.0494. The molecule has 0 atom stereocenters. The molecule has 0 spiro atoms. The van der Waals surface area contributed by atoms with E-state index in [1.807, 2.05) is 0 Å². The van der Waals surface area contributed by atoms with Crippen LogP contribution in [-0.2, 0) is 0 Å². The number of hydrogen-bond acceptors (Lipinski definition) is 3. The molecule has 2 amide bonds. The van der Waals surface area contributed by atoms with E-state index in [1.165, 1.54) is 4.90 Å². The number of carbonyl (C=O) groups is 1. The van der Waals surface area contributed by atoms with Crippen LogP contribution in [0.25, 0.3) is 0 Å². The number of nitrogens with one attached hydrogen (secondary N) is 1. The van der Waals surface area contributed by atoms with Crippen molar-refractivity contribution in [2.24, 2.45) is 0 Å². The molecule has 21 heavy (non-hydrogen) atoms. The second-order valence-electron chi connectivity index (χ2n) is 4.46. The van der Waals surface area contributed by atoms with Gasteiger partial charge in [-0.3, -0.25) is 0 Å². The largest absolute Gasteiger partial charge is 0.433 e. The van der Waals surface area contributed by atoms with Gasteiger partial charge < -0.3 is 20.1 Å². The minimum Gasteiger partial charge on any atom is -0.433 e. The first-order valence-corrected chi connectivity index (χ1v) is 6.28. The zero-order valence-electron chi connectivity index (χ0n) is 11.6. The topological polar surface area (TPSA) is 61.8 Å². The molecule has 5 nitrogen and oxygen atoms in total. The Balaban J connectivity index is 2.94. The van der Waals surface area contributed by atoms with Crippen molar-refractivity contribution in [3.05, 3.63) is 24.0 Å². The highest BCUT2D eigenvalue weighted by Gasteiger charge is 2.19. The third kappa shape index (κ3) is 5.14. The van der Waals surface area contributed by atoms with Gasteiger partial charge in [-0.25, -0.2) is 9.18 Å². The van der Waals surface area contributed by atoms with Crippen molar-refractivity contribution in [3.63, 3.8) is 0 Å². The first-order chi connectivity index (χ1) is 9.85. The Morgan fingerprint density at radius 2 is 2.10 bits per heavy atom. The molecule has 0 unspecified atom stereocenters. The summed E-state index contributed by atoms with van der Waals surface area (Å²) >= 11 is 0.